The smallest absolute Gasteiger partial charge is 0.240 e. The summed E-state index contributed by atoms with van der Waals surface area (Å²) in [7, 11) is 1.62. The summed E-state index contributed by atoms with van der Waals surface area (Å²) in [6.07, 6.45) is 1.80. The number of benzene rings is 2. The number of hydrogen-bond donors (Lipinski definition) is 2. The number of nitrogens with zero attached hydrogens (tertiary/aromatic N) is 3. The van der Waals surface area contributed by atoms with Crippen molar-refractivity contribution in [2.45, 2.75) is 36.2 Å². The van der Waals surface area contributed by atoms with Gasteiger partial charge in [0.25, 0.3) is 0 Å². The predicted octanol–water partition coefficient (Wildman–Crippen LogP) is 3.64. The molecular formula is C21H23N5O2S. The molecule has 150 valence electrons. The van der Waals surface area contributed by atoms with E-state index in [0.29, 0.717) is 5.16 Å². The summed E-state index contributed by atoms with van der Waals surface area (Å²) >= 11 is 1.43. The van der Waals surface area contributed by atoms with Crippen LogP contribution in [0.15, 0.2) is 59.8 Å². The van der Waals surface area contributed by atoms with Crippen LogP contribution in [0.3, 0.4) is 0 Å². The molecule has 3 aromatic rings. The molecule has 0 radical (unpaired) electrons. The molecule has 1 aliphatic heterocycles. The van der Waals surface area contributed by atoms with Crippen LogP contribution in [-0.4, -0.2) is 33.1 Å². The number of methoxy groups -OCH3 is 1. The van der Waals surface area contributed by atoms with Gasteiger partial charge in [0.2, 0.25) is 11.1 Å². The fourth-order valence-corrected chi connectivity index (χ4v) is 4.38. The fourth-order valence-electron chi connectivity index (χ4n) is 3.28. The number of carbonyl (C=O) groups is 1. The Morgan fingerprint density at radius 2 is 1.93 bits per heavy atom. The average molecular weight is 410 g/mol. The summed E-state index contributed by atoms with van der Waals surface area (Å²) in [5.41, 5.74) is 5.23. The van der Waals surface area contributed by atoms with Crippen LogP contribution in [0, 0.1) is 0 Å². The minimum absolute atomic E-state index is 0.0900. The van der Waals surface area contributed by atoms with Crippen molar-refractivity contribution in [3.63, 3.8) is 0 Å². The van der Waals surface area contributed by atoms with Crippen molar-refractivity contribution in [3.8, 4) is 5.75 Å². The third kappa shape index (κ3) is 4.07. The molecule has 2 aromatic carbocycles. The van der Waals surface area contributed by atoms with Crippen LogP contribution in [-0.2, 0) is 11.2 Å². The Morgan fingerprint density at radius 3 is 2.62 bits per heavy atom. The minimum Gasteiger partial charge on any atom is -0.497 e. The molecule has 0 unspecified atom stereocenters. The van der Waals surface area contributed by atoms with E-state index in [1.54, 1.807) is 7.11 Å². The van der Waals surface area contributed by atoms with Gasteiger partial charge in [0, 0.05) is 12.1 Å². The van der Waals surface area contributed by atoms with E-state index < -0.39 is 5.25 Å². The van der Waals surface area contributed by atoms with Crippen LogP contribution < -0.4 is 15.5 Å². The van der Waals surface area contributed by atoms with Crippen molar-refractivity contribution in [1.29, 1.82) is 0 Å². The molecule has 0 spiro atoms. The molecule has 0 saturated heterocycles. The molecule has 2 atom stereocenters. The summed E-state index contributed by atoms with van der Waals surface area (Å²) in [6.45, 7) is 2.11. The third-order valence-electron chi connectivity index (χ3n) is 4.75. The number of nitrogens with one attached hydrogen (secondary N) is 2. The lowest BCUT2D eigenvalue weighted by molar-refractivity contribution is -0.116. The van der Waals surface area contributed by atoms with Crippen LogP contribution in [0.25, 0.3) is 0 Å². The monoisotopic (exact) mass is 409 g/mol. The minimum atomic E-state index is -0.398. The van der Waals surface area contributed by atoms with Gasteiger partial charge in [-0.05, 0) is 36.2 Å². The van der Waals surface area contributed by atoms with E-state index in [0.717, 1.165) is 35.7 Å². The van der Waals surface area contributed by atoms with Crippen LogP contribution in [0.2, 0.25) is 0 Å². The van der Waals surface area contributed by atoms with Gasteiger partial charge >= 0.3 is 0 Å². The normalized spacial score (nSPS) is 17.9. The Hall–Kier alpha value is -3.00. The number of rotatable bonds is 6. The van der Waals surface area contributed by atoms with Crippen LogP contribution in [0.4, 0.5) is 5.69 Å². The first-order chi connectivity index (χ1) is 14.2. The highest BCUT2D eigenvalue weighted by Gasteiger charge is 2.37. The molecule has 0 saturated carbocycles. The van der Waals surface area contributed by atoms with E-state index in [1.807, 2.05) is 59.3 Å². The number of aryl methyl sites for hydroxylation is 1. The molecule has 1 aromatic heterocycles. The van der Waals surface area contributed by atoms with E-state index >= 15 is 0 Å². The zero-order valence-corrected chi connectivity index (χ0v) is 17.1. The van der Waals surface area contributed by atoms with Gasteiger partial charge < -0.3 is 15.5 Å². The van der Waals surface area contributed by atoms with Gasteiger partial charge in [0.1, 0.15) is 11.0 Å². The first-order valence-electron chi connectivity index (χ1n) is 9.57. The van der Waals surface area contributed by atoms with Crippen LogP contribution in [0.5, 0.6) is 5.75 Å². The average Bonchev–Trinajstić information content (AvgIpc) is 3.16. The molecule has 2 heterocycles. The predicted molar refractivity (Wildman–Crippen MR) is 114 cm³/mol. The lowest BCUT2D eigenvalue weighted by atomic mass is 10.0. The van der Waals surface area contributed by atoms with Crippen molar-refractivity contribution >= 4 is 23.4 Å². The molecule has 0 fully saturated rings. The van der Waals surface area contributed by atoms with Crippen molar-refractivity contribution < 1.29 is 9.53 Å². The van der Waals surface area contributed by atoms with E-state index in [1.165, 1.54) is 11.8 Å². The molecule has 8 heteroatoms. The highest BCUT2D eigenvalue weighted by Crippen LogP contribution is 2.37. The number of aromatic nitrogens is 3. The summed E-state index contributed by atoms with van der Waals surface area (Å²) in [5.74, 6) is 1.54. The Labute approximate surface area is 173 Å². The second-order valence-electron chi connectivity index (χ2n) is 6.76. The van der Waals surface area contributed by atoms with Gasteiger partial charge in [-0.15, -0.1) is 10.2 Å². The topological polar surface area (TPSA) is 81.1 Å². The first-order valence-corrected chi connectivity index (χ1v) is 10.4. The molecule has 4 rings (SSSR count). The zero-order chi connectivity index (χ0) is 20.2. The van der Waals surface area contributed by atoms with Crippen molar-refractivity contribution in [3.05, 3.63) is 66.0 Å². The van der Waals surface area contributed by atoms with Gasteiger partial charge in [-0.1, -0.05) is 49.0 Å². The number of amides is 1. The lowest BCUT2D eigenvalue weighted by Crippen LogP contribution is -2.41. The second kappa shape index (κ2) is 8.57. The summed E-state index contributed by atoms with van der Waals surface area (Å²) < 4.78 is 7.10. The molecule has 0 aliphatic carbocycles. The highest BCUT2D eigenvalue weighted by atomic mass is 32.2. The maximum Gasteiger partial charge on any atom is 0.240 e. The fraction of sp³-hybridized carbons (Fsp3) is 0.286. The lowest BCUT2D eigenvalue weighted by Gasteiger charge is -2.33. The SMILES string of the molecule is CCCc1nnc2n1N[C@@H](c1ccccc1)[C@H](C(=O)Nc1ccc(OC)cc1)S2. The Morgan fingerprint density at radius 1 is 1.17 bits per heavy atom. The molecule has 2 N–H and O–H groups in total. The number of ether oxygens (including phenoxy) is 1. The number of hydrogen-bond acceptors (Lipinski definition) is 6. The molecule has 29 heavy (non-hydrogen) atoms. The van der Waals surface area contributed by atoms with Gasteiger partial charge in [-0.3, -0.25) is 4.79 Å². The summed E-state index contributed by atoms with van der Waals surface area (Å²) in [5, 5.41) is 11.9. The van der Waals surface area contributed by atoms with Crippen molar-refractivity contribution in [2.24, 2.45) is 0 Å². The molecule has 1 aliphatic rings. The summed E-state index contributed by atoms with van der Waals surface area (Å²) in [6, 6.07) is 17.1. The largest absolute Gasteiger partial charge is 0.497 e. The molecule has 7 nitrogen and oxygen atoms in total. The van der Waals surface area contributed by atoms with E-state index in [2.05, 4.69) is 27.9 Å². The number of anilines is 1. The first kappa shape index (κ1) is 19.3. The third-order valence-corrected chi connectivity index (χ3v) is 5.97. The maximum atomic E-state index is 13.2. The zero-order valence-electron chi connectivity index (χ0n) is 16.3. The number of fused-ring (bicyclic) bond motifs is 1. The Balaban J connectivity index is 1.62. The van der Waals surface area contributed by atoms with Gasteiger partial charge in [0.05, 0.1) is 13.2 Å². The summed E-state index contributed by atoms with van der Waals surface area (Å²) in [4.78, 5) is 13.2. The van der Waals surface area contributed by atoms with Crippen molar-refractivity contribution in [1.82, 2.24) is 14.9 Å². The van der Waals surface area contributed by atoms with E-state index in [4.69, 9.17) is 4.74 Å². The molecular weight excluding hydrogens is 386 g/mol. The second-order valence-corrected chi connectivity index (χ2v) is 7.87. The van der Waals surface area contributed by atoms with Crippen LogP contribution >= 0.6 is 11.8 Å². The van der Waals surface area contributed by atoms with E-state index in [-0.39, 0.29) is 11.9 Å². The van der Waals surface area contributed by atoms with Crippen molar-refractivity contribution in [2.75, 3.05) is 17.9 Å². The standard InChI is InChI=1S/C21H23N5O2S/c1-3-7-17-23-24-21-26(17)25-18(14-8-5-4-6-9-14)19(29-21)20(27)22-15-10-12-16(28-2)13-11-15/h4-6,8-13,18-19,25H,3,7H2,1-2H3,(H,22,27)/t18-,19+/m0/s1. The van der Waals surface area contributed by atoms with Gasteiger partial charge in [0.15, 0.2) is 5.82 Å². The van der Waals surface area contributed by atoms with E-state index in [9.17, 15) is 4.79 Å². The van der Waals surface area contributed by atoms with Crippen LogP contribution in [0.1, 0.15) is 30.8 Å². The maximum absolute atomic E-state index is 13.2. The Bertz CT molecular complexity index is 974. The van der Waals surface area contributed by atoms with Gasteiger partial charge in [-0.25, -0.2) is 4.68 Å². The highest BCUT2D eigenvalue weighted by molar-refractivity contribution is 8.00. The van der Waals surface area contributed by atoms with Gasteiger partial charge in [-0.2, -0.15) is 0 Å². The quantitative estimate of drug-likeness (QED) is 0.647. The number of thioether (sulfide) groups is 1. The Kier molecular flexibility index (Phi) is 5.71. The molecule has 1 amide bonds. The molecule has 0 bridgehead atoms. The number of carbonyl (C=O) groups excluding carboxylic acids is 1.